The molecule has 2 aliphatic rings. The average Bonchev–Trinajstić information content (AvgIpc) is 3.66. The Labute approximate surface area is 258 Å². The number of anilines is 1. The third kappa shape index (κ3) is 6.64. The molecule has 1 aliphatic heterocycles. The second-order valence-corrected chi connectivity index (χ2v) is 13.0. The summed E-state index contributed by atoms with van der Waals surface area (Å²) in [5.74, 6) is 0.603. The number of amidine groups is 1. The minimum absolute atomic E-state index is 0.0210. The number of rotatable bonds is 11. The highest BCUT2D eigenvalue weighted by Crippen LogP contribution is 2.41. The second-order valence-electron chi connectivity index (χ2n) is 11.0. The van der Waals surface area contributed by atoms with E-state index in [4.69, 9.17) is 21.1 Å². The SMILES string of the molecule is CCCCC1=NC2(CCCC2)C(=O)N1Cc1ccc(-c2ccccc2S(=O)(=O)Nc2noc(C)c2Cl)c(COC(F)(F)F)c1. The number of hydrogen-bond acceptors (Lipinski definition) is 7. The highest BCUT2D eigenvalue weighted by Gasteiger charge is 2.49. The molecular formula is C30H32ClF3N4O5S. The van der Waals surface area contributed by atoms with Gasteiger partial charge in [0.2, 0.25) is 5.82 Å². The van der Waals surface area contributed by atoms with Crippen LogP contribution in [-0.4, -0.2) is 42.1 Å². The minimum atomic E-state index is -4.93. The van der Waals surface area contributed by atoms with Crippen molar-refractivity contribution >= 4 is 39.2 Å². The van der Waals surface area contributed by atoms with Crippen LogP contribution < -0.4 is 4.72 Å². The summed E-state index contributed by atoms with van der Waals surface area (Å²) >= 11 is 6.10. The predicted octanol–water partition coefficient (Wildman–Crippen LogP) is 7.38. The van der Waals surface area contributed by atoms with E-state index in [9.17, 15) is 26.4 Å². The summed E-state index contributed by atoms with van der Waals surface area (Å²) < 4.78 is 78.0. The molecule has 0 saturated heterocycles. The van der Waals surface area contributed by atoms with Crippen molar-refractivity contribution in [1.29, 1.82) is 0 Å². The Morgan fingerprint density at radius 2 is 1.86 bits per heavy atom. The fraction of sp³-hybridized carbons (Fsp3) is 0.433. The number of halogens is 4. The Morgan fingerprint density at radius 1 is 1.14 bits per heavy atom. The van der Waals surface area contributed by atoms with Crippen molar-refractivity contribution in [2.24, 2.45) is 4.99 Å². The van der Waals surface area contributed by atoms with Crippen molar-refractivity contribution in [2.75, 3.05) is 4.72 Å². The van der Waals surface area contributed by atoms with Crippen molar-refractivity contribution in [3.8, 4) is 11.1 Å². The van der Waals surface area contributed by atoms with Gasteiger partial charge >= 0.3 is 6.36 Å². The molecule has 14 heteroatoms. The molecule has 0 unspecified atom stereocenters. The smallest absolute Gasteiger partial charge is 0.358 e. The molecule has 1 amide bonds. The first-order valence-corrected chi connectivity index (χ1v) is 16.2. The van der Waals surface area contributed by atoms with Gasteiger partial charge in [-0.05, 0) is 48.9 Å². The zero-order valence-electron chi connectivity index (χ0n) is 24.2. The topological polar surface area (TPSA) is 114 Å². The van der Waals surface area contributed by atoms with E-state index in [-0.39, 0.29) is 50.6 Å². The number of benzene rings is 2. The van der Waals surface area contributed by atoms with E-state index in [0.717, 1.165) is 25.7 Å². The predicted molar refractivity (Wildman–Crippen MR) is 158 cm³/mol. The Balaban J connectivity index is 1.51. The Hall–Kier alpha value is -3.42. The molecule has 5 rings (SSSR count). The molecule has 236 valence electrons. The lowest BCUT2D eigenvalue weighted by Crippen LogP contribution is -2.40. The summed E-state index contributed by atoms with van der Waals surface area (Å²) in [4.78, 5) is 19.9. The molecule has 9 nitrogen and oxygen atoms in total. The third-order valence-corrected chi connectivity index (χ3v) is 9.72. The van der Waals surface area contributed by atoms with Gasteiger partial charge in [0.15, 0.2) is 5.76 Å². The van der Waals surface area contributed by atoms with Gasteiger partial charge in [-0.3, -0.25) is 24.1 Å². The molecule has 0 bridgehead atoms. The fourth-order valence-electron chi connectivity index (χ4n) is 5.70. The van der Waals surface area contributed by atoms with Gasteiger partial charge < -0.3 is 4.52 Å². The maximum Gasteiger partial charge on any atom is 0.522 e. The van der Waals surface area contributed by atoms with E-state index < -0.39 is 28.5 Å². The lowest BCUT2D eigenvalue weighted by molar-refractivity contribution is -0.330. The van der Waals surface area contributed by atoms with Crippen molar-refractivity contribution < 1.29 is 35.6 Å². The van der Waals surface area contributed by atoms with Gasteiger partial charge in [-0.2, -0.15) is 0 Å². The van der Waals surface area contributed by atoms with Crippen LogP contribution in [0.25, 0.3) is 11.1 Å². The van der Waals surface area contributed by atoms with E-state index in [0.29, 0.717) is 30.7 Å². The molecule has 44 heavy (non-hydrogen) atoms. The highest BCUT2D eigenvalue weighted by atomic mass is 35.5. The van der Waals surface area contributed by atoms with E-state index in [1.165, 1.54) is 31.2 Å². The zero-order valence-corrected chi connectivity index (χ0v) is 25.8. The van der Waals surface area contributed by atoms with E-state index in [2.05, 4.69) is 14.6 Å². The van der Waals surface area contributed by atoms with Gasteiger partial charge in [0, 0.05) is 12.0 Å². The number of carbonyl (C=O) groups excluding carboxylic acids is 1. The number of amides is 1. The van der Waals surface area contributed by atoms with Crippen LogP contribution in [0.15, 0.2) is 56.9 Å². The van der Waals surface area contributed by atoms with Crippen LogP contribution in [0.2, 0.25) is 5.02 Å². The number of nitrogens with zero attached hydrogens (tertiary/aromatic N) is 3. The molecule has 1 spiro atoms. The molecule has 0 radical (unpaired) electrons. The molecule has 1 saturated carbocycles. The Morgan fingerprint density at radius 3 is 2.52 bits per heavy atom. The number of ether oxygens (including phenoxy) is 1. The summed E-state index contributed by atoms with van der Waals surface area (Å²) in [6.45, 7) is 2.80. The molecule has 1 aromatic heterocycles. The largest absolute Gasteiger partial charge is 0.522 e. The second kappa shape index (κ2) is 12.5. The Kier molecular flexibility index (Phi) is 9.11. The molecule has 1 aliphatic carbocycles. The number of aliphatic imine (C=N–C) groups is 1. The maximum absolute atomic E-state index is 13.6. The first-order valence-electron chi connectivity index (χ1n) is 14.3. The van der Waals surface area contributed by atoms with Crippen LogP contribution in [0.4, 0.5) is 19.0 Å². The first kappa shape index (κ1) is 32.0. The van der Waals surface area contributed by atoms with Crippen LogP contribution in [0.3, 0.4) is 0 Å². The van der Waals surface area contributed by atoms with Gasteiger partial charge in [-0.25, -0.2) is 8.42 Å². The molecule has 2 aromatic carbocycles. The summed E-state index contributed by atoms with van der Waals surface area (Å²) in [6.07, 6.45) is 0.651. The normalized spacial score (nSPS) is 16.6. The lowest BCUT2D eigenvalue weighted by atomic mass is 9.96. The highest BCUT2D eigenvalue weighted by molar-refractivity contribution is 7.92. The summed E-state index contributed by atoms with van der Waals surface area (Å²) in [6, 6.07) is 10.6. The minimum Gasteiger partial charge on any atom is -0.358 e. The van der Waals surface area contributed by atoms with Crippen LogP contribution in [0.5, 0.6) is 0 Å². The molecular weight excluding hydrogens is 621 g/mol. The van der Waals surface area contributed by atoms with Gasteiger partial charge in [-0.15, -0.1) is 13.2 Å². The van der Waals surface area contributed by atoms with E-state index >= 15 is 0 Å². The lowest BCUT2D eigenvalue weighted by Gasteiger charge is -2.23. The van der Waals surface area contributed by atoms with Crippen LogP contribution in [-0.2, 0) is 32.7 Å². The summed E-state index contributed by atoms with van der Waals surface area (Å²) in [5, 5.41) is 3.61. The number of sulfonamides is 1. The van der Waals surface area contributed by atoms with Crippen LogP contribution in [0.1, 0.15) is 68.8 Å². The summed E-state index contributed by atoms with van der Waals surface area (Å²) in [7, 11) is -4.32. The quantitative estimate of drug-likeness (QED) is 0.231. The monoisotopic (exact) mass is 652 g/mol. The molecule has 3 aromatic rings. The number of nitrogens with one attached hydrogen (secondary N) is 1. The van der Waals surface area contributed by atoms with Crippen LogP contribution >= 0.6 is 11.6 Å². The van der Waals surface area contributed by atoms with Gasteiger partial charge in [0.1, 0.15) is 16.4 Å². The maximum atomic E-state index is 13.6. The molecule has 2 heterocycles. The van der Waals surface area contributed by atoms with Crippen molar-refractivity contribution in [2.45, 2.75) is 88.7 Å². The summed E-state index contributed by atoms with van der Waals surface area (Å²) in [5.41, 5.74) is 0.242. The number of carbonyl (C=O) groups is 1. The molecule has 1 N–H and O–H groups in total. The molecule has 0 atom stereocenters. The number of hydrogen-bond donors (Lipinski definition) is 1. The van der Waals surface area contributed by atoms with E-state index in [1.54, 1.807) is 23.1 Å². The third-order valence-electron chi connectivity index (χ3n) is 7.87. The number of unbranched alkanes of at least 4 members (excludes halogenated alkanes) is 1. The first-order chi connectivity index (χ1) is 20.8. The van der Waals surface area contributed by atoms with Crippen molar-refractivity contribution in [3.05, 3.63) is 64.4 Å². The van der Waals surface area contributed by atoms with Gasteiger partial charge in [0.25, 0.3) is 15.9 Å². The molecule has 1 fully saturated rings. The number of alkyl halides is 3. The average molecular weight is 653 g/mol. The standard InChI is InChI=1S/C30H32ClF3N4O5S/c1-3-4-11-25-35-29(14-7-8-15-29)28(39)38(25)17-20-12-13-22(21(16-20)18-42-30(32,33)34)23-9-5-6-10-24(23)44(40,41)37-27-26(31)19(2)43-36-27/h5-6,9-10,12-13,16H,3-4,7-8,11,14-15,17-18H2,1-2H3,(H,36,37). The number of aryl methyl sites for hydroxylation is 1. The van der Waals surface area contributed by atoms with Crippen molar-refractivity contribution in [3.63, 3.8) is 0 Å². The Bertz CT molecular complexity index is 1680. The number of aromatic nitrogens is 1. The van der Waals surface area contributed by atoms with Crippen molar-refractivity contribution in [1.82, 2.24) is 10.1 Å². The van der Waals surface area contributed by atoms with Gasteiger partial charge in [-0.1, -0.05) is 79.3 Å². The fourth-order valence-corrected chi connectivity index (χ4v) is 7.10. The van der Waals surface area contributed by atoms with Gasteiger partial charge in [0.05, 0.1) is 18.0 Å². The zero-order chi connectivity index (χ0) is 31.7. The van der Waals surface area contributed by atoms with E-state index in [1.807, 2.05) is 6.92 Å². The van der Waals surface area contributed by atoms with Crippen LogP contribution in [0, 0.1) is 6.92 Å².